The van der Waals surface area contributed by atoms with Crippen LogP contribution in [0.2, 0.25) is 0 Å². The molecule has 2 heterocycles. The van der Waals surface area contributed by atoms with Gasteiger partial charge in [0.05, 0.1) is 30.9 Å². The number of hydrogen-bond acceptors (Lipinski definition) is 4. The summed E-state index contributed by atoms with van der Waals surface area (Å²) in [6, 6.07) is 12.8. The monoisotopic (exact) mass is 482 g/mol. The van der Waals surface area contributed by atoms with E-state index in [1.54, 1.807) is 17.8 Å². The fraction of sp³-hybridized carbons (Fsp3) is 0.385. The maximum absolute atomic E-state index is 15.1. The van der Waals surface area contributed by atoms with Gasteiger partial charge in [0.15, 0.2) is 0 Å². The number of nitrogens with two attached hydrogens (primary N) is 1. The van der Waals surface area contributed by atoms with Crippen molar-refractivity contribution >= 4 is 11.8 Å². The van der Waals surface area contributed by atoms with E-state index in [1.807, 2.05) is 43.3 Å². The molecule has 0 radical (unpaired) electrons. The summed E-state index contributed by atoms with van der Waals surface area (Å²) in [5.41, 5.74) is 9.95. The van der Waals surface area contributed by atoms with Crippen LogP contribution in [0.15, 0.2) is 60.4 Å². The lowest BCUT2D eigenvalue weighted by molar-refractivity contribution is -0.739. The molecule has 7 nitrogen and oxygen atoms in total. The predicted molar refractivity (Wildman–Crippen MR) is 125 cm³/mol. The molecule has 2 aromatic carbocycles. The summed E-state index contributed by atoms with van der Waals surface area (Å²) < 4.78 is 29.5. The normalized spacial score (nSPS) is 23.2. The number of alkyl halides is 1. The van der Waals surface area contributed by atoms with Crippen molar-refractivity contribution < 1.29 is 23.9 Å². The highest BCUT2D eigenvalue weighted by molar-refractivity contribution is 5.89. The smallest absolute Gasteiger partial charge is 0.243 e. The Morgan fingerprint density at radius 3 is 2.63 bits per heavy atom. The molecule has 2 aliphatic heterocycles. The number of carbonyl (C=O) groups is 2. The Hall–Kier alpha value is -3.46. The second-order valence-corrected chi connectivity index (χ2v) is 9.85. The molecule has 0 spiro atoms. The third-order valence-electron chi connectivity index (χ3n) is 7.21. The topological polar surface area (TPSA) is 90.1 Å². The minimum atomic E-state index is -1.28. The summed E-state index contributed by atoms with van der Waals surface area (Å²) in [6.07, 6.45) is 2.25. The quantitative estimate of drug-likeness (QED) is 0.454. The Balaban J connectivity index is 1.38. The number of likely N-dealkylation sites (tertiary alicyclic amines) is 1. The maximum Gasteiger partial charge on any atom is 0.243 e. The first kappa shape index (κ1) is 23.3. The molecule has 3 atom stereocenters. The number of rotatable bonds is 7. The first-order valence-electron chi connectivity index (χ1n) is 12.0. The predicted octanol–water partition coefficient (Wildman–Crippen LogP) is 1.84. The molecule has 1 saturated carbocycles. The second kappa shape index (κ2) is 9.30. The van der Waals surface area contributed by atoms with Crippen molar-refractivity contribution in [2.75, 3.05) is 6.54 Å². The van der Waals surface area contributed by atoms with Gasteiger partial charge < -0.3 is 10.2 Å². The van der Waals surface area contributed by atoms with E-state index >= 15 is 4.39 Å². The molecule has 9 heteroatoms. The van der Waals surface area contributed by atoms with E-state index in [0.717, 1.165) is 18.4 Å². The van der Waals surface area contributed by atoms with E-state index in [2.05, 4.69) is 16.2 Å². The molecule has 5 rings (SSSR count). The van der Waals surface area contributed by atoms with Gasteiger partial charge in [-0.25, -0.2) is 19.6 Å². The van der Waals surface area contributed by atoms with Gasteiger partial charge in [-0.15, -0.1) is 0 Å². The molecule has 3 aliphatic rings. The summed E-state index contributed by atoms with van der Waals surface area (Å²) in [5, 5.41) is 2.98. The zero-order valence-corrected chi connectivity index (χ0v) is 19.6. The Labute approximate surface area is 202 Å². The second-order valence-electron chi connectivity index (χ2n) is 9.85. The van der Waals surface area contributed by atoms with Crippen LogP contribution in [-0.2, 0) is 15.0 Å². The van der Waals surface area contributed by atoms with Gasteiger partial charge >= 0.3 is 0 Å². The van der Waals surface area contributed by atoms with Crippen molar-refractivity contribution in [3.05, 3.63) is 82.9 Å². The molecule has 5 N–H and O–H groups in total. The number of nitrogens with one attached hydrogen (secondary N) is 3. The fourth-order valence-corrected chi connectivity index (χ4v) is 4.89. The average Bonchev–Trinajstić information content (AvgIpc) is 3.21. The zero-order valence-electron chi connectivity index (χ0n) is 19.6. The van der Waals surface area contributed by atoms with Crippen LogP contribution in [0.3, 0.4) is 0 Å². The van der Waals surface area contributed by atoms with Crippen molar-refractivity contribution in [1.29, 1.82) is 0 Å². The molecule has 1 saturated heterocycles. The van der Waals surface area contributed by atoms with Crippen LogP contribution in [0.5, 0.6) is 0 Å². The van der Waals surface area contributed by atoms with Crippen molar-refractivity contribution in [1.82, 2.24) is 21.1 Å². The summed E-state index contributed by atoms with van der Waals surface area (Å²) in [5.74, 6) is -1.07. The number of hydrogen-bond donors (Lipinski definition) is 4. The minimum absolute atomic E-state index is 0.0353. The maximum atomic E-state index is 15.1. The number of quaternary nitrogens is 1. The van der Waals surface area contributed by atoms with Gasteiger partial charge in [0.1, 0.15) is 18.0 Å². The van der Waals surface area contributed by atoms with Crippen LogP contribution in [0.4, 0.5) is 8.78 Å². The molecule has 0 aromatic heterocycles. The molecule has 35 heavy (non-hydrogen) atoms. The Morgan fingerprint density at radius 1 is 1.20 bits per heavy atom. The SMILES string of the molecule is CC1(c2ccc([C@@H](NC(=O)[C@@H]3C[C@@H](F)CN3C(=O)CC3=CN[NH2+]N3)c3ccccc3)cc2F)CC1. The highest BCUT2D eigenvalue weighted by atomic mass is 19.1. The van der Waals surface area contributed by atoms with E-state index < -0.39 is 24.2 Å². The van der Waals surface area contributed by atoms with E-state index in [0.29, 0.717) is 16.8 Å². The number of benzene rings is 2. The van der Waals surface area contributed by atoms with Crippen LogP contribution in [0.25, 0.3) is 0 Å². The highest BCUT2D eigenvalue weighted by Crippen LogP contribution is 2.48. The largest absolute Gasteiger partial charge is 0.343 e. The lowest BCUT2D eigenvalue weighted by atomic mass is 9.92. The summed E-state index contributed by atoms with van der Waals surface area (Å²) in [4.78, 5) is 27.6. The first-order chi connectivity index (χ1) is 16.8. The van der Waals surface area contributed by atoms with Gasteiger partial charge in [0.25, 0.3) is 0 Å². The molecule has 2 amide bonds. The lowest BCUT2D eigenvalue weighted by Gasteiger charge is -2.27. The Morgan fingerprint density at radius 2 is 1.97 bits per heavy atom. The number of nitrogens with zero attached hydrogens (tertiary/aromatic N) is 1. The first-order valence-corrected chi connectivity index (χ1v) is 12.0. The van der Waals surface area contributed by atoms with Gasteiger partial charge in [-0.2, -0.15) is 5.53 Å². The van der Waals surface area contributed by atoms with Crippen LogP contribution in [0, 0.1) is 5.82 Å². The molecule has 1 aliphatic carbocycles. The van der Waals surface area contributed by atoms with Crippen LogP contribution < -0.4 is 21.7 Å². The molecule has 2 aromatic rings. The number of carbonyl (C=O) groups excluding carboxylic acids is 2. The summed E-state index contributed by atoms with van der Waals surface area (Å²) >= 11 is 0. The fourth-order valence-electron chi connectivity index (χ4n) is 4.89. The lowest BCUT2D eigenvalue weighted by Crippen LogP contribution is -2.96. The van der Waals surface area contributed by atoms with Crippen molar-refractivity contribution in [3.8, 4) is 0 Å². The molecule has 0 bridgehead atoms. The number of amides is 2. The molecular weight excluding hydrogens is 452 g/mol. The van der Waals surface area contributed by atoms with Crippen molar-refractivity contribution in [2.45, 2.75) is 56.3 Å². The zero-order chi connectivity index (χ0) is 24.6. The van der Waals surface area contributed by atoms with E-state index in [4.69, 9.17) is 0 Å². The Bertz CT molecular complexity index is 1150. The molecular formula is C26H30F2N5O2+. The highest BCUT2D eigenvalue weighted by Gasteiger charge is 2.42. The molecule has 2 fully saturated rings. The average molecular weight is 483 g/mol. The third-order valence-corrected chi connectivity index (χ3v) is 7.21. The third kappa shape index (κ3) is 4.86. The van der Waals surface area contributed by atoms with Gasteiger partial charge in [-0.05, 0) is 41.0 Å². The van der Waals surface area contributed by atoms with Gasteiger partial charge in [0.2, 0.25) is 11.8 Å². The van der Waals surface area contributed by atoms with Gasteiger partial charge in [-0.3, -0.25) is 9.59 Å². The van der Waals surface area contributed by atoms with Gasteiger partial charge in [-0.1, -0.05) is 49.4 Å². The van der Waals surface area contributed by atoms with E-state index in [9.17, 15) is 14.0 Å². The Kier molecular flexibility index (Phi) is 6.19. The van der Waals surface area contributed by atoms with Crippen LogP contribution >= 0.6 is 0 Å². The van der Waals surface area contributed by atoms with E-state index in [1.165, 1.54) is 11.0 Å². The van der Waals surface area contributed by atoms with Crippen molar-refractivity contribution in [3.63, 3.8) is 0 Å². The van der Waals surface area contributed by atoms with Crippen molar-refractivity contribution in [2.24, 2.45) is 0 Å². The van der Waals surface area contributed by atoms with Crippen LogP contribution in [-0.4, -0.2) is 35.5 Å². The molecule has 184 valence electrons. The minimum Gasteiger partial charge on any atom is -0.343 e. The van der Waals surface area contributed by atoms with E-state index in [-0.39, 0.29) is 36.5 Å². The summed E-state index contributed by atoms with van der Waals surface area (Å²) in [7, 11) is 0. The van der Waals surface area contributed by atoms with Gasteiger partial charge in [0, 0.05) is 6.42 Å². The standard InChI is InChI=1S/C26H29F2N5O2/c1-26(9-10-26)20-8-7-17(11-21(20)28)24(16-5-3-2-4-6-16)30-25(35)22-12-18(27)15-33(22)23(34)13-19-14-29-32-31-19/h2-8,11,14,18,22,24,29,31-32H,9-10,12-13,15H2,1H3,(H,30,35)/p+1/t18-,22+,24+/m1/s1. The number of halogens is 2. The van der Waals surface area contributed by atoms with Crippen LogP contribution in [0.1, 0.15) is 55.3 Å². The molecule has 0 unspecified atom stereocenters. The summed E-state index contributed by atoms with van der Waals surface area (Å²) in [6.45, 7) is 1.92.